The standard InChI is InChI=1S/C46H41Cl2N19O20S6/c47-39-56-43(60-44(57-39)52-23-1-3-29(31(15-23)54-41(49)68)62-64-33-19-27-21(13-37(33)92(82,83)84)11-25(88(70,71)72)17-35(27)90(76,77)78)51-5-6-66-7-9-67(10-8-66)46-59-40(48)58-45(61-46)53-24-2-4-30(32(16-24)55-42(50)69)63-65-34-20-28-22(14-38(34)93(85,86)87)12-26(89(73,74)75)18-36(28)91(79,80)81/h1-4,11-20H,5-10H2,(H3,49,54,68)(H3,50,55,69)(H,70,71,72)(H,73,74,75)(H,76,77,78)(H,79,80,81)(H,82,83,84)(H,85,86,87)(H,53,58,59,61)(H2,51,52,56,57,60). The van der Waals surface area contributed by atoms with Gasteiger partial charge in [-0.05, 0) is 119 Å². The Labute approximate surface area is 533 Å². The van der Waals surface area contributed by atoms with Gasteiger partial charge in [0, 0.05) is 61.4 Å². The van der Waals surface area contributed by atoms with Crippen molar-refractivity contribution in [3.63, 3.8) is 0 Å². The van der Waals surface area contributed by atoms with Crippen molar-refractivity contribution in [1.82, 2.24) is 34.8 Å². The zero-order valence-corrected chi connectivity index (χ0v) is 52.4. The minimum absolute atomic E-state index is 0.0298. The largest absolute Gasteiger partial charge is 0.353 e. The number of aromatic nitrogens is 6. The fourth-order valence-electron chi connectivity index (χ4n) is 8.79. The van der Waals surface area contributed by atoms with E-state index in [1.54, 1.807) is 0 Å². The number of piperazine rings is 1. The highest BCUT2D eigenvalue weighted by Gasteiger charge is 2.28. The molecule has 0 atom stereocenters. The van der Waals surface area contributed by atoms with Gasteiger partial charge in [0.05, 0.1) is 21.2 Å². The SMILES string of the molecule is NC(=O)Nc1cc(Nc2nc(Cl)nc(NCCN3CCN(c4nc(Cl)nc(Nc5ccc(N=Nc6cc7c(S(=O)(=O)O)cc(S(=O)(=O)O)cc7cc6S(=O)(=O)O)c(NC(N)=O)c5)n4)CC3)n2)ccc1N=Nc1cc2c(S(=O)(=O)O)cc(S(=O)(=O)O)cc2cc1S(=O)(=O)O. The summed E-state index contributed by atoms with van der Waals surface area (Å²) in [5.74, 6) is 0.0146. The van der Waals surface area contributed by atoms with Crippen molar-refractivity contribution < 1.29 is 87.4 Å². The van der Waals surface area contributed by atoms with Gasteiger partial charge in [-0.2, -0.15) is 80.4 Å². The Morgan fingerprint density at radius 1 is 0.462 bits per heavy atom. The monoisotopic (exact) mass is 1440 g/mol. The number of azo groups is 2. The molecule has 8 aromatic rings. The molecule has 15 N–H and O–H groups in total. The number of anilines is 8. The Morgan fingerprint density at radius 3 is 1.27 bits per heavy atom. The highest BCUT2D eigenvalue weighted by molar-refractivity contribution is 7.87. The van der Waals surface area contributed by atoms with Crippen LogP contribution in [0.1, 0.15) is 0 Å². The molecule has 93 heavy (non-hydrogen) atoms. The van der Waals surface area contributed by atoms with Gasteiger partial charge >= 0.3 is 12.1 Å². The molecule has 0 unspecified atom stereocenters. The van der Waals surface area contributed by atoms with E-state index >= 15 is 0 Å². The molecule has 0 spiro atoms. The Morgan fingerprint density at radius 2 is 0.860 bits per heavy atom. The van der Waals surface area contributed by atoms with Crippen LogP contribution in [-0.2, 0) is 60.7 Å². The molecule has 4 amide bonds. The fourth-order valence-corrected chi connectivity index (χ4v) is 13.1. The summed E-state index contributed by atoms with van der Waals surface area (Å²) >= 11 is 12.6. The number of nitrogens with zero attached hydrogens (tertiary/aromatic N) is 12. The Bertz CT molecular complexity index is 5230. The maximum Gasteiger partial charge on any atom is 0.316 e. The molecule has 47 heteroatoms. The van der Waals surface area contributed by atoms with Gasteiger partial charge in [-0.15, -0.1) is 20.5 Å². The average Bonchev–Trinajstić information content (AvgIpc) is 0.760. The summed E-state index contributed by atoms with van der Waals surface area (Å²) in [7, 11) is -31.2. The van der Waals surface area contributed by atoms with Crippen molar-refractivity contribution in [2.75, 3.05) is 70.8 Å². The Kier molecular flexibility index (Phi) is 19.1. The maximum atomic E-state index is 12.5. The van der Waals surface area contributed by atoms with E-state index in [0.717, 1.165) is 12.1 Å². The number of nitrogens with one attached hydrogen (secondary N) is 5. The van der Waals surface area contributed by atoms with E-state index in [1.165, 1.54) is 36.4 Å². The van der Waals surface area contributed by atoms with Crippen molar-refractivity contribution >= 4 is 187 Å². The number of amides is 4. The smallest absolute Gasteiger partial charge is 0.316 e. The second kappa shape index (κ2) is 26.1. The van der Waals surface area contributed by atoms with Gasteiger partial charge in [-0.25, -0.2) is 9.59 Å². The number of carbonyl (C=O) groups excluding carboxylic acids is 2. The molecule has 6 aromatic carbocycles. The third-order valence-corrected chi connectivity index (χ3v) is 18.3. The number of fused-ring (bicyclic) bond motifs is 2. The predicted octanol–water partition coefficient (Wildman–Crippen LogP) is 5.68. The van der Waals surface area contributed by atoms with Crippen molar-refractivity contribution in [2.45, 2.75) is 29.4 Å². The number of urea groups is 2. The maximum absolute atomic E-state index is 12.5. The lowest BCUT2D eigenvalue weighted by Gasteiger charge is -2.34. The first kappa shape index (κ1) is 68.2. The average molecular weight is 1440 g/mol. The number of nitrogens with two attached hydrogens (primary N) is 2. The van der Waals surface area contributed by atoms with Gasteiger partial charge < -0.3 is 43.0 Å². The van der Waals surface area contributed by atoms with Gasteiger partial charge in [0.25, 0.3) is 60.7 Å². The van der Waals surface area contributed by atoms with Crippen LogP contribution in [0.15, 0.2) is 135 Å². The molecule has 1 fully saturated rings. The molecule has 490 valence electrons. The summed E-state index contributed by atoms with van der Waals surface area (Å²) in [5.41, 5.74) is 8.94. The molecule has 1 aliphatic heterocycles. The summed E-state index contributed by atoms with van der Waals surface area (Å²) in [6, 6.07) is 10.4. The lowest BCUT2D eigenvalue weighted by atomic mass is 10.1. The first-order valence-electron chi connectivity index (χ1n) is 25.2. The molecule has 0 radical (unpaired) electrons. The minimum Gasteiger partial charge on any atom is -0.353 e. The van der Waals surface area contributed by atoms with Crippen molar-refractivity contribution in [3.8, 4) is 0 Å². The lowest BCUT2D eigenvalue weighted by molar-refractivity contribution is 0.258. The van der Waals surface area contributed by atoms with Gasteiger partial charge in [0.2, 0.25) is 34.4 Å². The van der Waals surface area contributed by atoms with E-state index in [0.29, 0.717) is 69.1 Å². The van der Waals surface area contributed by atoms with E-state index in [9.17, 15) is 87.4 Å². The summed E-state index contributed by atoms with van der Waals surface area (Å²) in [6.45, 7) is 2.46. The zero-order chi connectivity index (χ0) is 67.9. The molecule has 0 bridgehead atoms. The third kappa shape index (κ3) is 16.9. The van der Waals surface area contributed by atoms with Crippen LogP contribution in [-0.4, -0.2) is 164 Å². The van der Waals surface area contributed by atoms with Crippen LogP contribution in [0.5, 0.6) is 0 Å². The second-order valence-electron chi connectivity index (χ2n) is 19.1. The molecule has 3 heterocycles. The fraction of sp³-hybridized carbons (Fsp3) is 0.130. The number of benzene rings is 6. The Balaban J connectivity index is 0.847. The molecule has 39 nitrogen and oxygen atoms in total. The lowest BCUT2D eigenvalue weighted by Crippen LogP contribution is -2.48. The van der Waals surface area contributed by atoms with Crippen molar-refractivity contribution in [2.24, 2.45) is 31.9 Å². The van der Waals surface area contributed by atoms with Crippen LogP contribution in [0, 0.1) is 0 Å². The summed E-state index contributed by atoms with van der Waals surface area (Å²) < 4.78 is 206. The predicted molar refractivity (Wildman–Crippen MR) is 328 cm³/mol. The van der Waals surface area contributed by atoms with E-state index < -0.39 is 135 Å². The molecule has 2 aromatic heterocycles. The van der Waals surface area contributed by atoms with Gasteiger partial charge in [-0.1, -0.05) is 0 Å². The second-order valence-corrected chi connectivity index (χ2v) is 28.2. The molecule has 0 saturated carbocycles. The highest BCUT2D eigenvalue weighted by Crippen LogP contribution is 2.40. The molecular weight excluding hydrogens is 1400 g/mol. The van der Waals surface area contributed by atoms with E-state index in [2.05, 4.69) is 81.8 Å². The third-order valence-electron chi connectivity index (χ3n) is 12.8. The highest BCUT2D eigenvalue weighted by atomic mass is 35.5. The number of hydrogen-bond acceptors (Lipinski definition) is 29. The van der Waals surface area contributed by atoms with Gasteiger partial charge in [0.1, 0.15) is 42.3 Å². The van der Waals surface area contributed by atoms with E-state index in [4.69, 9.17) is 34.7 Å². The van der Waals surface area contributed by atoms with Crippen LogP contribution < -0.4 is 43.0 Å². The van der Waals surface area contributed by atoms with Crippen LogP contribution in [0.3, 0.4) is 0 Å². The van der Waals surface area contributed by atoms with E-state index in [-0.39, 0.29) is 75.0 Å². The van der Waals surface area contributed by atoms with Crippen molar-refractivity contribution in [1.29, 1.82) is 0 Å². The van der Waals surface area contributed by atoms with Crippen LogP contribution in [0.2, 0.25) is 10.6 Å². The minimum atomic E-state index is -5.25. The number of hydrogen-bond donors (Lipinski definition) is 13. The topological polar surface area (TPSA) is 606 Å². The number of primary amides is 2. The van der Waals surface area contributed by atoms with Gasteiger partial charge in [-0.3, -0.25) is 32.2 Å². The Hall–Kier alpha value is -9.20. The first-order valence-corrected chi connectivity index (χ1v) is 34.6. The number of halogens is 2. The molecule has 1 saturated heterocycles. The molecule has 1 aliphatic rings. The first-order chi connectivity index (χ1) is 43.2. The molecule has 9 rings (SSSR count). The quantitative estimate of drug-likeness (QED) is 0.0304. The summed E-state index contributed by atoms with van der Waals surface area (Å²) in [6.07, 6.45) is 0. The summed E-state index contributed by atoms with van der Waals surface area (Å²) in [5, 5.41) is 26.5. The van der Waals surface area contributed by atoms with Crippen molar-refractivity contribution in [3.05, 3.63) is 95.5 Å². The number of carbonyl (C=O) groups is 2. The summed E-state index contributed by atoms with van der Waals surface area (Å²) in [4.78, 5) is 47.2. The van der Waals surface area contributed by atoms with Crippen LogP contribution in [0.4, 0.5) is 78.9 Å². The normalized spacial score (nSPS) is 13.8. The van der Waals surface area contributed by atoms with E-state index in [1.807, 2.05) is 4.90 Å². The molecular formula is C46H41Cl2N19O20S6. The van der Waals surface area contributed by atoms with Gasteiger partial charge in [0.15, 0.2) is 0 Å². The zero-order valence-electron chi connectivity index (χ0n) is 46.0. The molecule has 0 aliphatic carbocycles. The van der Waals surface area contributed by atoms with Crippen LogP contribution >= 0.6 is 23.2 Å². The van der Waals surface area contributed by atoms with Crippen LogP contribution in [0.25, 0.3) is 21.5 Å². The number of rotatable bonds is 21.